The van der Waals surface area contributed by atoms with Gasteiger partial charge < -0.3 is 4.57 Å². The van der Waals surface area contributed by atoms with Gasteiger partial charge in [-0.2, -0.15) is 0 Å². The number of aromatic nitrogens is 2. The number of benzene rings is 5. The van der Waals surface area contributed by atoms with E-state index in [1.807, 2.05) is 11.8 Å². The second kappa shape index (κ2) is 11.0. The number of hydrogen-bond acceptors (Lipinski definition) is 2. The molecule has 0 bridgehead atoms. The fourth-order valence-electron chi connectivity index (χ4n) is 8.16. The minimum Gasteiger partial charge on any atom is -0.310 e. The molecule has 0 unspecified atom stereocenters. The third-order valence-corrected chi connectivity index (χ3v) is 12.3. The molecule has 0 spiro atoms. The van der Waals surface area contributed by atoms with Crippen LogP contribution in [0.4, 0.5) is 0 Å². The van der Waals surface area contributed by atoms with Gasteiger partial charge in [0, 0.05) is 49.1 Å². The fourth-order valence-corrected chi connectivity index (χ4v) is 9.35. The second-order valence-corrected chi connectivity index (χ2v) is 18.9. The highest BCUT2D eigenvalue weighted by molar-refractivity contribution is 8.00. The molecule has 0 radical (unpaired) electrons. The van der Waals surface area contributed by atoms with Gasteiger partial charge in [-0.3, -0.25) is 4.98 Å². The third kappa shape index (κ3) is 5.12. The van der Waals surface area contributed by atoms with Crippen LogP contribution in [0.1, 0.15) is 79.0 Å². The molecule has 0 fully saturated rings. The number of hydrogen-bond donors (Lipinski definition) is 0. The molecule has 0 amide bonds. The fraction of sp³-hybridized carbons (Fsp3) is 0.255. The van der Waals surface area contributed by atoms with Crippen LogP contribution in [0.25, 0.3) is 49.9 Å². The van der Waals surface area contributed by atoms with E-state index in [9.17, 15) is 0 Å². The highest BCUT2D eigenvalue weighted by Crippen LogP contribution is 2.43. The van der Waals surface area contributed by atoms with Gasteiger partial charge in [-0.05, 0) is 91.9 Å². The normalized spacial score (nSPS) is 13.9. The topological polar surface area (TPSA) is 17.8 Å². The van der Waals surface area contributed by atoms with E-state index in [0.29, 0.717) is 0 Å². The molecular formula is C47H45BN2S. The van der Waals surface area contributed by atoms with E-state index in [-0.39, 0.29) is 23.0 Å². The summed E-state index contributed by atoms with van der Waals surface area (Å²) in [4.78, 5) is 7.65. The van der Waals surface area contributed by atoms with Crippen LogP contribution in [0, 0.1) is 0 Å². The molecular weight excluding hydrogens is 635 g/mol. The molecule has 51 heavy (non-hydrogen) atoms. The predicted molar refractivity (Wildman–Crippen MR) is 221 cm³/mol. The molecule has 2 aromatic heterocycles. The first-order valence-electron chi connectivity index (χ1n) is 18.3. The Balaban J connectivity index is 1.37. The number of pyridine rings is 1. The van der Waals surface area contributed by atoms with Crippen molar-refractivity contribution in [2.45, 2.75) is 88.3 Å². The van der Waals surface area contributed by atoms with Gasteiger partial charge in [-0.1, -0.05) is 140 Å². The maximum Gasteiger partial charge on any atom is 0.249 e. The van der Waals surface area contributed by atoms with Crippen LogP contribution in [0.2, 0.25) is 0 Å². The quantitative estimate of drug-likeness (QED) is 0.169. The van der Waals surface area contributed by atoms with Gasteiger partial charge in [-0.25, -0.2) is 0 Å². The monoisotopic (exact) mass is 680 g/mol. The van der Waals surface area contributed by atoms with E-state index in [1.54, 1.807) is 0 Å². The lowest BCUT2D eigenvalue weighted by atomic mass is 9.35. The van der Waals surface area contributed by atoms with Crippen LogP contribution >= 0.6 is 11.8 Å². The summed E-state index contributed by atoms with van der Waals surface area (Å²) in [6.45, 7) is 21.2. The first-order valence-corrected chi connectivity index (χ1v) is 19.1. The second-order valence-electron chi connectivity index (χ2n) is 17.8. The van der Waals surface area contributed by atoms with Crippen molar-refractivity contribution < 1.29 is 0 Å². The predicted octanol–water partition coefficient (Wildman–Crippen LogP) is 10.7. The number of fused-ring (bicyclic) bond motifs is 7. The number of rotatable bonds is 2. The smallest absolute Gasteiger partial charge is 0.249 e. The maximum absolute atomic E-state index is 4.96. The van der Waals surface area contributed by atoms with Gasteiger partial charge in [0.1, 0.15) is 0 Å². The summed E-state index contributed by atoms with van der Waals surface area (Å²) < 4.78 is 2.60. The van der Waals surface area contributed by atoms with Crippen LogP contribution in [-0.4, -0.2) is 16.3 Å². The van der Waals surface area contributed by atoms with Crippen LogP contribution in [-0.2, 0) is 16.2 Å². The minimum absolute atomic E-state index is 0.00608. The molecule has 0 aliphatic carbocycles. The minimum atomic E-state index is 0.00608. The summed E-state index contributed by atoms with van der Waals surface area (Å²) in [6, 6.07) is 39.2. The molecule has 5 aromatic carbocycles. The Bertz CT molecular complexity index is 2540. The van der Waals surface area contributed by atoms with Gasteiger partial charge in [0.2, 0.25) is 6.71 Å². The molecule has 2 nitrogen and oxygen atoms in total. The average molecular weight is 681 g/mol. The molecule has 2 aliphatic heterocycles. The van der Waals surface area contributed by atoms with E-state index >= 15 is 0 Å². The lowest BCUT2D eigenvalue weighted by Gasteiger charge is -2.35. The zero-order valence-electron chi connectivity index (χ0n) is 31.3. The van der Waals surface area contributed by atoms with E-state index < -0.39 is 0 Å². The zero-order valence-corrected chi connectivity index (χ0v) is 32.1. The van der Waals surface area contributed by atoms with Crippen molar-refractivity contribution >= 4 is 56.7 Å². The summed E-state index contributed by atoms with van der Waals surface area (Å²) in [5.41, 5.74) is 16.9. The average Bonchev–Trinajstić information content (AvgIpc) is 3.43. The van der Waals surface area contributed by atoms with Crippen molar-refractivity contribution in [2.24, 2.45) is 0 Å². The van der Waals surface area contributed by atoms with Crippen molar-refractivity contribution in [3.05, 3.63) is 126 Å². The van der Waals surface area contributed by atoms with Crippen molar-refractivity contribution in [3.63, 3.8) is 0 Å². The Morgan fingerprint density at radius 1 is 0.549 bits per heavy atom. The molecule has 2 aliphatic rings. The molecule has 4 heteroatoms. The Kier molecular flexibility index (Phi) is 6.97. The van der Waals surface area contributed by atoms with Crippen molar-refractivity contribution in [2.75, 3.05) is 0 Å². The third-order valence-electron chi connectivity index (χ3n) is 11.2. The van der Waals surface area contributed by atoms with Crippen LogP contribution in [0.15, 0.2) is 119 Å². The zero-order chi connectivity index (χ0) is 35.6. The number of nitrogens with zero attached hydrogens (tertiary/aromatic N) is 2. The summed E-state index contributed by atoms with van der Waals surface area (Å²) in [5.74, 6) is 0. The van der Waals surface area contributed by atoms with E-state index in [0.717, 1.165) is 16.8 Å². The molecule has 252 valence electrons. The summed E-state index contributed by atoms with van der Waals surface area (Å²) in [5, 5.41) is 2.70. The van der Waals surface area contributed by atoms with Gasteiger partial charge in [0.25, 0.3) is 0 Å². The summed E-state index contributed by atoms with van der Waals surface area (Å²) in [6.07, 6.45) is 2.05. The molecule has 0 saturated carbocycles. The van der Waals surface area contributed by atoms with Gasteiger partial charge in [0.05, 0.1) is 11.2 Å². The molecule has 4 heterocycles. The molecule has 0 N–H and O–H groups in total. The Hall–Kier alpha value is -4.54. The van der Waals surface area contributed by atoms with E-state index in [4.69, 9.17) is 4.98 Å². The first-order chi connectivity index (χ1) is 24.2. The molecule has 9 rings (SSSR count). The van der Waals surface area contributed by atoms with Crippen LogP contribution in [0.5, 0.6) is 0 Å². The van der Waals surface area contributed by atoms with Crippen LogP contribution < -0.4 is 16.4 Å². The van der Waals surface area contributed by atoms with Gasteiger partial charge in [-0.15, -0.1) is 0 Å². The SMILES string of the molecule is CC(C)(C)c1ccc2c(c1)B1c3c(cc(-c4ccc(-c5ccccc5)nc4)cc3-n3c4ccc(C(C)(C)C)cc4c4cc(C(C)(C)C)cc1c43)S2. The van der Waals surface area contributed by atoms with E-state index in [2.05, 4.69) is 176 Å². The van der Waals surface area contributed by atoms with Crippen molar-refractivity contribution in [1.29, 1.82) is 0 Å². The Morgan fingerprint density at radius 3 is 1.90 bits per heavy atom. The highest BCUT2D eigenvalue weighted by atomic mass is 32.2. The largest absolute Gasteiger partial charge is 0.310 e. The molecule has 0 saturated heterocycles. The van der Waals surface area contributed by atoms with Crippen molar-refractivity contribution in [3.8, 4) is 28.1 Å². The van der Waals surface area contributed by atoms with Gasteiger partial charge in [0.15, 0.2) is 0 Å². The maximum atomic E-state index is 4.96. The lowest BCUT2D eigenvalue weighted by Crippen LogP contribution is -2.59. The molecule has 7 aromatic rings. The standard InChI is InChI=1S/C47H45BN2S/c1-45(2,3)31-16-19-39-34(23-31)35-24-33(47(7,8)9)26-37-44(35)50(39)40-21-30(29-15-18-38(49-27-29)28-13-11-10-12-14-28)22-42-43(40)48(37)36-25-32(46(4,5)6)17-20-41(36)51-42/h10-27H,1-9H3. The summed E-state index contributed by atoms with van der Waals surface area (Å²) in [7, 11) is 0. The van der Waals surface area contributed by atoms with Crippen LogP contribution in [0.3, 0.4) is 0 Å². The van der Waals surface area contributed by atoms with Crippen molar-refractivity contribution in [1.82, 2.24) is 9.55 Å². The summed E-state index contributed by atoms with van der Waals surface area (Å²) >= 11 is 1.93. The van der Waals surface area contributed by atoms with E-state index in [1.165, 1.54) is 75.9 Å². The Morgan fingerprint density at radius 2 is 1.22 bits per heavy atom. The lowest BCUT2D eigenvalue weighted by molar-refractivity contribution is 0.590. The van der Waals surface area contributed by atoms with Gasteiger partial charge >= 0.3 is 0 Å². The highest BCUT2D eigenvalue weighted by Gasteiger charge is 2.41. The Labute approximate surface area is 307 Å². The molecule has 0 atom stereocenters. The first kappa shape index (κ1) is 32.4.